The maximum absolute atomic E-state index is 13.9. The van der Waals surface area contributed by atoms with Gasteiger partial charge in [-0.1, -0.05) is 15.9 Å². The van der Waals surface area contributed by atoms with Gasteiger partial charge in [0.05, 0.1) is 17.2 Å². The first kappa shape index (κ1) is 18.6. The van der Waals surface area contributed by atoms with Crippen LogP contribution in [0.5, 0.6) is 11.5 Å². The van der Waals surface area contributed by atoms with Crippen molar-refractivity contribution in [1.82, 2.24) is 0 Å². The van der Waals surface area contributed by atoms with Crippen molar-refractivity contribution < 1.29 is 13.9 Å². The van der Waals surface area contributed by atoms with Gasteiger partial charge in [-0.05, 0) is 73.2 Å². The third-order valence-electron chi connectivity index (χ3n) is 3.84. The number of anilines is 1. The molecule has 0 atom stereocenters. The molecule has 3 aromatic rings. The molecule has 0 aliphatic carbocycles. The van der Waals surface area contributed by atoms with Gasteiger partial charge >= 0.3 is 0 Å². The maximum atomic E-state index is 13.9. The van der Waals surface area contributed by atoms with Crippen molar-refractivity contribution in [3.05, 3.63) is 87.6 Å². The second-order valence-corrected chi connectivity index (χ2v) is 6.71. The minimum Gasteiger partial charge on any atom is -0.457 e. The minimum absolute atomic E-state index is 0.0319. The number of hydrogen-bond donors (Lipinski definition) is 1. The summed E-state index contributed by atoms with van der Waals surface area (Å²) < 4.78 is 20.2. The van der Waals surface area contributed by atoms with Gasteiger partial charge in [0.25, 0.3) is 5.91 Å². The molecule has 3 rings (SSSR count). The number of aryl methyl sites for hydroxylation is 1. The summed E-state index contributed by atoms with van der Waals surface area (Å²) >= 11 is 3.17. The molecule has 0 aliphatic heterocycles. The van der Waals surface area contributed by atoms with E-state index in [9.17, 15) is 9.18 Å². The van der Waals surface area contributed by atoms with Crippen LogP contribution in [-0.4, -0.2) is 5.91 Å². The van der Waals surface area contributed by atoms with E-state index in [2.05, 4.69) is 21.2 Å². The van der Waals surface area contributed by atoms with Crippen molar-refractivity contribution >= 4 is 27.5 Å². The van der Waals surface area contributed by atoms with E-state index in [1.807, 2.05) is 13.0 Å². The molecule has 134 valence electrons. The highest BCUT2D eigenvalue weighted by molar-refractivity contribution is 9.10. The number of nitriles is 1. The molecular weight excluding hydrogens is 411 g/mol. The Morgan fingerprint density at radius 3 is 2.41 bits per heavy atom. The molecule has 0 aromatic heterocycles. The molecule has 6 heteroatoms. The van der Waals surface area contributed by atoms with Gasteiger partial charge in [-0.15, -0.1) is 0 Å². The summed E-state index contributed by atoms with van der Waals surface area (Å²) in [6, 6.07) is 18.3. The highest BCUT2D eigenvalue weighted by atomic mass is 79.9. The lowest BCUT2D eigenvalue weighted by atomic mass is 10.1. The van der Waals surface area contributed by atoms with Crippen LogP contribution in [0.1, 0.15) is 21.5 Å². The largest absolute Gasteiger partial charge is 0.457 e. The number of amides is 1. The third-order valence-corrected chi connectivity index (χ3v) is 4.33. The van der Waals surface area contributed by atoms with Crippen LogP contribution in [0.25, 0.3) is 0 Å². The monoisotopic (exact) mass is 424 g/mol. The number of rotatable bonds is 4. The van der Waals surface area contributed by atoms with E-state index < -0.39 is 11.7 Å². The normalized spacial score (nSPS) is 10.1. The first-order valence-electron chi connectivity index (χ1n) is 8.01. The Bertz CT molecular complexity index is 1040. The summed E-state index contributed by atoms with van der Waals surface area (Å²) in [5.41, 5.74) is 1.86. The summed E-state index contributed by atoms with van der Waals surface area (Å²) in [5.74, 6) is 0.0660. The standard InChI is InChI=1S/C21H14BrFN2O2/c1-13-10-17(27-16-5-2-14(12-24)3-6-16)7-9-20(13)25-21(26)18-8-4-15(22)11-19(18)23/h2-11H,1H3,(H,25,26). The number of benzene rings is 3. The molecule has 0 saturated carbocycles. The van der Waals surface area contributed by atoms with Gasteiger partial charge in [-0.2, -0.15) is 5.26 Å². The van der Waals surface area contributed by atoms with Crippen LogP contribution in [0.15, 0.2) is 65.1 Å². The third kappa shape index (κ3) is 4.52. The van der Waals surface area contributed by atoms with E-state index >= 15 is 0 Å². The van der Waals surface area contributed by atoms with Crippen molar-refractivity contribution in [2.75, 3.05) is 5.32 Å². The highest BCUT2D eigenvalue weighted by Gasteiger charge is 2.13. The lowest BCUT2D eigenvalue weighted by molar-refractivity contribution is 0.102. The molecule has 1 N–H and O–H groups in total. The van der Waals surface area contributed by atoms with E-state index in [0.29, 0.717) is 27.2 Å². The molecular formula is C21H14BrFN2O2. The highest BCUT2D eigenvalue weighted by Crippen LogP contribution is 2.27. The van der Waals surface area contributed by atoms with Crippen LogP contribution >= 0.6 is 15.9 Å². The first-order chi connectivity index (χ1) is 13.0. The van der Waals surface area contributed by atoms with E-state index in [4.69, 9.17) is 10.00 Å². The first-order valence-corrected chi connectivity index (χ1v) is 8.80. The fraction of sp³-hybridized carbons (Fsp3) is 0.0476. The fourth-order valence-corrected chi connectivity index (χ4v) is 2.77. The Morgan fingerprint density at radius 1 is 1.07 bits per heavy atom. The van der Waals surface area contributed by atoms with E-state index in [1.165, 1.54) is 12.1 Å². The molecule has 0 fully saturated rings. The molecule has 0 aliphatic rings. The van der Waals surface area contributed by atoms with Gasteiger partial charge < -0.3 is 10.1 Å². The molecule has 0 spiro atoms. The molecule has 4 nitrogen and oxygen atoms in total. The zero-order valence-electron chi connectivity index (χ0n) is 14.3. The molecule has 0 bridgehead atoms. The Kier molecular flexibility index (Phi) is 5.53. The summed E-state index contributed by atoms with van der Waals surface area (Å²) in [7, 11) is 0. The zero-order valence-corrected chi connectivity index (χ0v) is 15.9. The molecule has 0 heterocycles. The average Bonchev–Trinajstić information content (AvgIpc) is 2.64. The van der Waals surface area contributed by atoms with Crippen LogP contribution in [0, 0.1) is 24.1 Å². The van der Waals surface area contributed by atoms with Crippen LogP contribution in [0.2, 0.25) is 0 Å². The maximum Gasteiger partial charge on any atom is 0.258 e. The van der Waals surface area contributed by atoms with Crippen molar-refractivity contribution in [3.8, 4) is 17.6 Å². The van der Waals surface area contributed by atoms with E-state index in [1.54, 1.807) is 48.5 Å². The summed E-state index contributed by atoms with van der Waals surface area (Å²) in [6.07, 6.45) is 0. The second kappa shape index (κ2) is 8.02. The summed E-state index contributed by atoms with van der Waals surface area (Å²) in [6.45, 7) is 1.82. The number of hydrogen-bond acceptors (Lipinski definition) is 3. The van der Waals surface area contributed by atoms with Gasteiger partial charge in [0.15, 0.2) is 0 Å². The predicted molar refractivity (Wildman–Crippen MR) is 104 cm³/mol. The molecule has 0 saturated heterocycles. The van der Waals surface area contributed by atoms with Crippen molar-refractivity contribution in [1.29, 1.82) is 5.26 Å². The van der Waals surface area contributed by atoms with Crippen molar-refractivity contribution in [3.63, 3.8) is 0 Å². The lowest BCUT2D eigenvalue weighted by Crippen LogP contribution is -2.14. The molecule has 3 aromatic carbocycles. The number of nitrogens with one attached hydrogen (secondary N) is 1. The summed E-state index contributed by atoms with van der Waals surface area (Å²) in [4.78, 5) is 12.3. The molecule has 0 radical (unpaired) electrons. The Labute approximate surface area is 164 Å². The Balaban J connectivity index is 1.74. The van der Waals surface area contributed by atoms with Gasteiger partial charge in [-0.3, -0.25) is 4.79 Å². The van der Waals surface area contributed by atoms with Crippen molar-refractivity contribution in [2.45, 2.75) is 6.92 Å². The second-order valence-electron chi connectivity index (χ2n) is 5.79. The number of ether oxygens (including phenoxy) is 1. The van der Waals surface area contributed by atoms with E-state index in [0.717, 1.165) is 5.56 Å². The van der Waals surface area contributed by atoms with Gasteiger partial charge in [-0.25, -0.2) is 4.39 Å². The van der Waals surface area contributed by atoms with Crippen LogP contribution < -0.4 is 10.1 Å². The predicted octanol–water partition coefficient (Wildman–Crippen LogP) is 5.81. The van der Waals surface area contributed by atoms with E-state index in [-0.39, 0.29) is 5.56 Å². The molecule has 1 amide bonds. The number of nitrogens with zero attached hydrogens (tertiary/aromatic N) is 1. The molecule has 27 heavy (non-hydrogen) atoms. The topological polar surface area (TPSA) is 62.1 Å². The Hall–Kier alpha value is -3.17. The van der Waals surface area contributed by atoms with Crippen molar-refractivity contribution in [2.24, 2.45) is 0 Å². The lowest BCUT2D eigenvalue weighted by Gasteiger charge is -2.12. The number of carbonyl (C=O) groups is 1. The number of halogens is 2. The smallest absolute Gasteiger partial charge is 0.258 e. The average molecular weight is 425 g/mol. The Morgan fingerprint density at radius 2 is 1.78 bits per heavy atom. The zero-order chi connectivity index (χ0) is 19.4. The number of carbonyl (C=O) groups excluding carboxylic acids is 1. The van der Waals surface area contributed by atoms with Crippen LogP contribution in [-0.2, 0) is 0 Å². The minimum atomic E-state index is -0.597. The van der Waals surface area contributed by atoms with Gasteiger partial charge in [0, 0.05) is 10.2 Å². The van der Waals surface area contributed by atoms with Crippen LogP contribution in [0.3, 0.4) is 0 Å². The summed E-state index contributed by atoms with van der Waals surface area (Å²) in [5, 5.41) is 11.5. The SMILES string of the molecule is Cc1cc(Oc2ccc(C#N)cc2)ccc1NC(=O)c1ccc(Br)cc1F. The van der Waals surface area contributed by atoms with Gasteiger partial charge in [0.2, 0.25) is 0 Å². The van der Waals surface area contributed by atoms with Gasteiger partial charge in [0.1, 0.15) is 17.3 Å². The quantitative estimate of drug-likeness (QED) is 0.574. The fourth-order valence-electron chi connectivity index (χ4n) is 2.44. The molecule has 0 unspecified atom stereocenters. The van der Waals surface area contributed by atoms with Crippen LogP contribution in [0.4, 0.5) is 10.1 Å².